The first-order valence-corrected chi connectivity index (χ1v) is 10.2. The van der Waals surface area contributed by atoms with E-state index in [4.69, 9.17) is 4.74 Å². The maximum absolute atomic E-state index is 13.9. The SMILES string of the molecule is CCc1ccc(NC(=O)c2cnn3c2NC(c2cccc(OC)c2)CC3C(F)(F)F)cc1. The molecular weight excluding hydrogens is 421 g/mol. The Morgan fingerprint density at radius 1 is 1.25 bits per heavy atom. The molecule has 2 heterocycles. The lowest BCUT2D eigenvalue weighted by molar-refractivity contribution is -0.173. The van der Waals surface area contributed by atoms with Crippen LogP contribution in [-0.4, -0.2) is 29.0 Å². The van der Waals surface area contributed by atoms with Crippen LogP contribution in [0.25, 0.3) is 0 Å². The Bertz CT molecular complexity index is 1110. The van der Waals surface area contributed by atoms with Crippen molar-refractivity contribution in [3.05, 3.63) is 71.4 Å². The number of hydrogen-bond donors (Lipinski definition) is 2. The van der Waals surface area contributed by atoms with Crippen molar-refractivity contribution in [3.8, 4) is 5.75 Å². The lowest BCUT2D eigenvalue weighted by Crippen LogP contribution is -2.36. The van der Waals surface area contributed by atoms with Gasteiger partial charge in [-0.1, -0.05) is 31.2 Å². The van der Waals surface area contributed by atoms with Gasteiger partial charge >= 0.3 is 6.18 Å². The predicted octanol–water partition coefficient (Wildman–Crippen LogP) is 5.37. The van der Waals surface area contributed by atoms with E-state index in [0.717, 1.165) is 16.7 Å². The molecule has 0 radical (unpaired) electrons. The summed E-state index contributed by atoms with van der Waals surface area (Å²) in [5.74, 6) is 0.0460. The van der Waals surface area contributed by atoms with Crippen LogP contribution < -0.4 is 15.4 Å². The van der Waals surface area contributed by atoms with Gasteiger partial charge in [0, 0.05) is 12.1 Å². The van der Waals surface area contributed by atoms with Crippen molar-refractivity contribution in [2.45, 2.75) is 38.0 Å². The van der Waals surface area contributed by atoms with E-state index in [-0.39, 0.29) is 17.8 Å². The van der Waals surface area contributed by atoms with Crippen molar-refractivity contribution >= 4 is 17.4 Å². The number of aryl methyl sites for hydroxylation is 1. The van der Waals surface area contributed by atoms with E-state index in [9.17, 15) is 18.0 Å². The number of carbonyl (C=O) groups is 1. The van der Waals surface area contributed by atoms with Gasteiger partial charge in [-0.2, -0.15) is 18.3 Å². The number of methoxy groups -OCH3 is 1. The highest BCUT2D eigenvalue weighted by atomic mass is 19.4. The maximum atomic E-state index is 13.9. The van der Waals surface area contributed by atoms with Gasteiger partial charge in [-0.15, -0.1) is 0 Å². The van der Waals surface area contributed by atoms with Crippen molar-refractivity contribution in [1.29, 1.82) is 0 Å². The monoisotopic (exact) mass is 444 g/mol. The zero-order valence-corrected chi connectivity index (χ0v) is 17.6. The first kappa shape index (κ1) is 21.7. The quantitative estimate of drug-likeness (QED) is 0.556. The molecule has 0 saturated heterocycles. The molecule has 2 atom stereocenters. The van der Waals surface area contributed by atoms with Crippen LogP contribution in [0.1, 0.15) is 46.9 Å². The Balaban J connectivity index is 1.66. The molecule has 0 bridgehead atoms. The van der Waals surface area contributed by atoms with Crippen LogP contribution in [0, 0.1) is 0 Å². The summed E-state index contributed by atoms with van der Waals surface area (Å²) in [6, 6.07) is 11.6. The van der Waals surface area contributed by atoms with E-state index in [0.29, 0.717) is 17.0 Å². The van der Waals surface area contributed by atoms with E-state index in [1.807, 2.05) is 19.1 Å². The molecule has 168 valence electrons. The van der Waals surface area contributed by atoms with Crippen LogP contribution in [-0.2, 0) is 6.42 Å². The molecule has 1 aliphatic heterocycles. The normalized spacial score (nSPS) is 17.9. The number of halogens is 3. The Morgan fingerprint density at radius 2 is 2.00 bits per heavy atom. The molecule has 1 aliphatic rings. The van der Waals surface area contributed by atoms with Crippen molar-refractivity contribution in [2.24, 2.45) is 0 Å². The molecule has 0 saturated carbocycles. The molecule has 2 N–H and O–H groups in total. The van der Waals surface area contributed by atoms with Gasteiger partial charge < -0.3 is 15.4 Å². The molecule has 0 aliphatic carbocycles. The third kappa shape index (κ3) is 4.28. The summed E-state index contributed by atoms with van der Waals surface area (Å²) in [6.07, 6.45) is -2.75. The number of amides is 1. The molecule has 2 unspecified atom stereocenters. The van der Waals surface area contributed by atoms with Gasteiger partial charge in [0.1, 0.15) is 17.1 Å². The highest BCUT2D eigenvalue weighted by molar-refractivity contribution is 6.07. The molecule has 4 rings (SSSR count). The first-order valence-electron chi connectivity index (χ1n) is 10.2. The predicted molar refractivity (Wildman–Crippen MR) is 115 cm³/mol. The fourth-order valence-electron chi connectivity index (χ4n) is 3.83. The number of nitrogens with zero attached hydrogens (tertiary/aromatic N) is 2. The largest absolute Gasteiger partial charge is 0.497 e. The van der Waals surface area contributed by atoms with Gasteiger partial charge in [-0.25, -0.2) is 4.68 Å². The Hall–Kier alpha value is -3.49. The van der Waals surface area contributed by atoms with E-state index in [1.54, 1.807) is 36.4 Å². The minimum Gasteiger partial charge on any atom is -0.497 e. The number of anilines is 2. The molecule has 6 nitrogen and oxygen atoms in total. The van der Waals surface area contributed by atoms with Gasteiger partial charge in [-0.05, 0) is 41.8 Å². The van der Waals surface area contributed by atoms with Crippen LogP contribution >= 0.6 is 0 Å². The number of fused-ring (bicyclic) bond motifs is 1. The summed E-state index contributed by atoms with van der Waals surface area (Å²) < 4.78 is 47.7. The summed E-state index contributed by atoms with van der Waals surface area (Å²) in [6.45, 7) is 2.02. The maximum Gasteiger partial charge on any atom is 0.410 e. The van der Waals surface area contributed by atoms with Gasteiger partial charge in [0.25, 0.3) is 5.91 Å². The second-order valence-corrected chi connectivity index (χ2v) is 7.62. The van der Waals surface area contributed by atoms with E-state index < -0.39 is 24.2 Å². The lowest BCUT2D eigenvalue weighted by atomic mass is 9.96. The number of ether oxygens (including phenoxy) is 1. The molecule has 1 amide bonds. The number of carbonyl (C=O) groups excluding carboxylic acids is 1. The standard InChI is InChI=1S/C23H23F3N4O2/c1-3-14-7-9-16(10-8-14)28-22(31)18-13-27-30-20(23(24,25)26)12-19(29-21(18)30)15-5-4-6-17(11-15)32-2/h4-11,13,19-20,29H,3,12H2,1-2H3,(H,28,31). The van der Waals surface area contributed by atoms with Gasteiger partial charge in [0.2, 0.25) is 0 Å². The summed E-state index contributed by atoms with van der Waals surface area (Å²) >= 11 is 0. The second kappa shape index (κ2) is 8.57. The number of benzene rings is 2. The average Bonchev–Trinajstić information content (AvgIpc) is 3.22. The number of aromatic nitrogens is 2. The first-order chi connectivity index (χ1) is 15.3. The van der Waals surface area contributed by atoms with Crippen molar-refractivity contribution in [2.75, 3.05) is 17.7 Å². The minimum absolute atomic E-state index is 0.0362. The summed E-state index contributed by atoms with van der Waals surface area (Å²) in [7, 11) is 1.50. The summed E-state index contributed by atoms with van der Waals surface area (Å²) in [5.41, 5.74) is 2.35. The van der Waals surface area contributed by atoms with E-state index in [1.165, 1.54) is 13.3 Å². The molecule has 0 fully saturated rings. The zero-order valence-electron chi connectivity index (χ0n) is 17.6. The van der Waals surface area contributed by atoms with Crippen molar-refractivity contribution in [1.82, 2.24) is 9.78 Å². The van der Waals surface area contributed by atoms with Crippen LogP contribution in [0.4, 0.5) is 24.7 Å². The number of hydrogen-bond acceptors (Lipinski definition) is 4. The number of alkyl halides is 3. The van der Waals surface area contributed by atoms with Gasteiger partial charge in [0.05, 0.1) is 19.3 Å². The Kier molecular flexibility index (Phi) is 5.82. The van der Waals surface area contributed by atoms with Crippen LogP contribution in [0.15, 0.2) is 54.7 Å². The fourth-order valence-corrected chi connectivity index (χ4v) is 3.83. The highest BCUT2D eigenvalue weighted by Crippen LogP contribution is 2.44. The number of rotatable bonds is 5. The van der Waals surface area contributed by atoms with Crippen LogP contribution in [0.5, 0.6) is 5.75 Å². The fraction of sp³-hybridized carbons (Fsp3) is 0.304. The topological polar surface area (TPSA) is 68.2 Å². The number of nitrogens with one attached hydrogen (secondary N) is 2. The minimum atomic E-state index is -4.52. The molecule has 9 heteroatoms. The summed E-state index contributed by atoms with van der Waals surface area (Å²) in [4.78, 5) is 12.9. The van der Waals surface area contributed by atoms with Crippen molar-refractivity contribution in [3.63, 3.8) is 0 Å². The molecular formula is C23H23F3N4O2. The third-order valence-corrected chi connectivity index (χ3v) is 5.60. The van der Waals surface area contributed by atoms with Crippen LogP contribution in [0.3, 0.4) is 0 Å². The molecule has 0 spiro atoms. The van der Waals surface area contributed by atoms with E-state index in [2.05, 4.69) is 15.7 Å². The second-order valence-electron chi connectivity index (χ2n) is 7.62. The Labute approximate surface area is 183 Å². The van der Waals surface area contributed by atoms with Gasteiger partial charge in [0.15, 0.2) is 6.04 Å². The smallest absolute Gasteiger partial charge is 0.410 e. The Morgan fingerprint density at radius 3 is 2.66 bits per heavy atom. The highest BCUT2D eigenvalue weighted by Gasteiger charge is 2.47. The lowest BCUT2D eigenvalue weighted by Gasteiger charge is -2.34. The van der Waals surface area contributed by atoms with Crippen molar-refractivity contribution < 1.29 is 22.7 Å². The summed E-state index contributed by atoms with van der Waals surface area (Å²) in [5, 5.41) is 9.73. The van der Waals surface area contributed by atoms with E-state index >= 15 is 0 Å². The molecule has 32 heavy (non-hydrogen) atoms. The zero-order chi connectivity index (χ0) is 22.9. The van der Waals surface area contributed by atoms with Gasteiger partial charge in [-0.3, -0.25) is 4.79 Å². The molecule has 1 aromatic heterocycles. The molecule has 3 aromatic rings. The third-order valence-electron chi connectivity index (χ3n) is 5.60. The molecule has 2 aromatic carbocycles. The van der Waals surface area contributed by atoms with Crippen LogP contribution in [0.2, 0.25) is 0 Å². The average molecular weight is 444 g/mol.